The van der Waals surface area contributed by atoms with Crippen LogP contribution in [-0.2, 0) is 9.53 Å². The maximum absolute atomic E-state index is 12.5. The van der Waals surface area contributed by atoms with Gasteiger partial charge in [-0.3, -0.25) is 4.79 Å². The number of carbonyl (C=O) groups is 2. The molecule has 22 heavy (non-hydrogen) atoms. The molecule has 0 bridgehead atoms. The minimum Gasteiger partial charge on any atom is -0.465 e. The van der Waals surface area contributed by atoms with E-state index in [2.05, 4.69) is 5.32 Å². The van der Waals surface area contributed by atoms with E-state index >= 15 is 0 Å². The normalized spacial score (nSPS) is 21.7. The predicted molar refractivity (Wildman–Crippen MR) is 87.0 cm³/mol. The molecule has 0 radical (unpaired) electrons. The molecule has 0 aliphatic heterocycles. The zero-order valence-corrected chi connectivity index (χ0v) is 14.0. The van der Waals surface area contributed by atoms with Gasteiger partial charge in [-0.2, -0.15) is 0 Å². The first-order valence-corrected chi connectivity index (χ1v) is 7.55. The van der Waals surface area contributed by atoms with Gasteiger partial charge in [0.1, 0.15) is 4.49 Å². The maximum atomic E-state index is 12.5. The van der Waals surface area contributed by atoms with Gasteiger partial charge in [-0.15, -0.1) is 0 Å². The number of amides is 1. The number of allylic oxidation sites excluding steroid dienone is 1. The van der Waals surface area contributed by atoms with Crippen LogP contribution in [-0.4, -0.2) is 19.0 Å². The highest BCUT2D eigenvalue weighted by molar-refractivity contribution is 6.55. The molecule has 0 aromatic heterocycles. The van der Waals surface area contributed by atoms with Crippen molar-refractivity contribution < 1.29 is 14.3 Å². The predicted octanol–water partition coefficient (Wildman–Crippen LogP) is 4.00. The fraction of sp³-hybridized carbons (Fsp3) is 0.375. The number of nitrogens with one attached hydrogen (secondary N) is 1. The molecule has 1 aromatic rings. The number of benzene rings is 1. The quantitative estimate of drug-likeness (QED) is 0.842. The average Bonchev–Trinajstić information content (AvgIpc) is 2.98. The highest BCUT2D eigenvalue weighted by Gasteiger charge is 2.60. The van der Waals surface area contributed by atoms with Crippen molar-refractivity contribution >= 4 is 40.8 Å². The summed E-state index contributed by atoms with van der Waals surface area (Å²) in [6.07, 6.45) is 1.68. The van der Waals surface area contributed by atoms with Crippen LogP contribution in [0.1, 0.15) is 24.2 Å². The molecule has 0 heterocycles. The number of carbonyl (C=O) groups excluding carboxylic acids is 2. The molecule has 0 spiro atoms. The number of hydrogen-bond acceptors (Lipinski definition) is 3. The molecule has 1 saturated carbocycles. The second kappa shape index (κ2) is 6.31. The number of esters is 1. The van der Waals surface area contributed by atoms with Gasteiger partial charge in [-0.05, 0) is 29.5 Å². The lowest BCUT2D eigenvalue weighted by Gasteiger charge is -2.10. The largest absolute Gasteiger partial charge is 0.465 e. The number of hydrogen-bond donors (Lipinski definition) is 1. The van der Waals surface area contributed by atoms with Gasteiger partial charge in [-0.25, -0.2) is 4.79 Å². The van der Waals surface area contributed by atoms with Gasteiger partial charge in [0.05, 0.1) is 24.3 Å². The molecule has 1 N–H and O–H groups in total. The molecule has 1 aliphatic rings. The van der Waals surface area contributed by atoms with Crippen LogP contribution < -0.4 is 5.32 Å². The van der Waals surface area contributed by atoms with Crippen molar-refractivity contribution in [2.75, 3.05) is 12.4 Å². The summed E-state index contributed by atoms with van der Waals surface area (Å²) < 4.78 is 4.87. The zero-order valence-electron chi connectivity index (χ0n) is 12.5. The van der Waals surface area contributed by atoms with Crippen LogP contribution in [0.3, 0.4) is 0 Å². The van der Waals surface area contributed by atoms with E-state index in [4.69, 9.17) is 27.9 Å². The first-order valence-electron chi connectivity index (χ1n) is 6.80. The third-order valence-electron chi connectivity index (χ3n) is 4.09. The summed E-state index contributed by atoms with van der Waals surface area (Å²) in [5.74, 6) is -0.933. The van der Waals surface area contributed by atoms with E-state index in [0.29, 0.717) is 11.3 Å². The molecular formula is C16H17Cl2NO3. The molecule has 1 aromatic carbocycles. The summed E-state index contributed by atoms with van der Waals surface area (Å²) in [6.45, 7) is 3.95. The van der Waals surface area contributed by atoms with Crippen LogP contribution in [0.2, 0.25) is 0 Å². The molecule has 4 nitrogen and oxygen atoms in total. The average molecular weight is 342 g/mol. The van der Waals surface area contributed by atoms with Gasteiger partial charge >= 0.3 is 5.97 Å². The Morgan fingerprint density at radius 2 is 1.91 bits per heavy atom. The van der Waals surface area contributed by atoms with Crippen molar-refractivity contribution in [3.63, 3.8) is 0 Å². The Morgan fingerprint density at radius 3 is 2.50 bits per heavy atom. The standard InChI is InChI=1S/C16H17Cl2NO3/c1-16(2)10(8-12(17)18)13(16)14(20)19-11-7-5-4-6-9(11)15(21)22-3/h4-8,10,13H,1-3H3,(H,19,20)/t10-,13+/m0/s1. The molecule has 2 atom stereocenters. The molecule has 6 heteroatoms. The van der Waals surface area contributed by atoms with Crippen LogP contribution >= 0.6 is 23.2 Å². The summed E-state index contributed by atoms with van der Waals surface area (Å²) >= 11 is 11.4. The Labute approximate surface area is 139 Å². The van der Waals surface area contributed by atoms with Crippen molar-refractivity contribution in [1.82, 2.24) is 0 Å². The molecule has 1 fully saturated rings. The number of para-hydroxylation sites is 1. The Balaban J connectivity index is 2.18. The number of methoxy groups -OCH3 is 1. The number of anilines is 1. The monoisotopic (exact) mass is 341 g/mol. The third kappa shape index (κ3) is 3.28. The van der Waals surface area contributed by atoms with E-state index in [1.807, 2.05) is 13.8 Å². The van der Waals surface area contributed by atoms with Crippen LogP contribution in [0.15, 0.2) is 34.8 Å². The first kappa shape index (κ1) is 16.8. The zero-order chi connectivity index (χ0) is 16.5. The van der Waals surface area contributed by atoms with E-state index in [1.54, 1.807) is 30.3 Å². The van der Waals surface area contributed by atoms with E-state index in [9.17, 15) is 9.59 Å². The smallest absolute Gasteiger partial charge is 0.339 e. The van der Waals surface area contributed by atoms with E-state index < -0.39 is 5.97 Å². The second-order valence-electron chi connectivity index (χ2n) is 5.81. The van der Waals surface area contributed by atoms with Crippen molar-refractivity contribution in [3.05, 3.63) is 40.4 Å². The minimum atomic E-state index is -0.494. The highest BCUT2D eigenvalue weighted by atomic mass is 35.5. The van der Waals surface area contributed by atoms with Gasteiger partial charge in [0, 0.05) is 0 Å². The first-order chi connectivity index (χ1) is 10.3. The lowest BCUT2D eigenvalue weighted by molar-refractivity contribution is -0.118. The van der Waals surface area contributed by atoms with Crippen molar-refractivity contribution in [1.29, 1.82) is 0 Å². The molecule has 0 saturated heterocycles. The van der Waals surface area contributed by atoms with Crippen molar-refractivity contribution in [3.8, 4) is 0 Å². The number of ether oxygens (including phenoxy) is 1. The molecular weight excluding hydrogens is 325 g/mol. The molecule has 1 amide bonds. The molecule has 2 rings (SSSR count). The van der Waals surface area contributed by atoms with E-state index in [-0.39, 0.29) is 27.6 Å². The second-order valence-corrected chi connectivity index (χ2v) is 6.82. The third-order valence-corrected chi connectivity index (χ3v) is 4.34. The van der Waals surface area contributed by atoms with Gasteiger partial charge in [-0.1, -0.05) is 49.2 Å². The Hall–Kier alpha value is -1.52. The van der Waals surface area contributed by atoms with Crippen LogP contribution in [0.4, 0.5) is 5.69 Å². The van der Waals surface area contributed by atoms with Crippen molar-refractivity contribution in [2.45, 2.75) is 13.8 Å². The summed E-state index contributed by atoms with van der Waals surface area (Å²) in [4.78, 5) is 24.2. The fourth-order valence-electron chi connectivity index (χ4n) is 2.72. The summed E-state index contributed by atoms with van der Waals surface area (Å²) in [6, 6.07) is 6.72. The van der Waals surface area contributed by atoms with Crippen LogP contribution in [0, 0.1) is 17.3 Å². The minimum absolute atomic E-state index is 0.0252. The van der Waals surface area contributed by atoms with Crippen molar-refractivity contribution in [2.24, 2.45) is 17.3 Å². The Bertz CT molecular complexity index is 636. The Kier molecular flexibility index (Phi) is 4.83. The molecule has 1 aliphatic carbocycles. The topological polar surface area (TPSA) is 55.4 Å². The molecule has 0 unspecified atom stereocenters. The van der Waals surface area contributed by atoms with E-state index in [1.165, 1.54) is 7.11 Å². The van der Waals surface area contributed by atoms with Gasteiger partial charge in [0.25, 0.3) is 0 Å². The van der Waals surface area contributed by atoms with Crippen LogP contribution in [0.5, 0.6) is 0 Å². The number of rotatable bonds is 4. The van der Waals surface area contributed by atoms with Crippen LogP contribution in [0.25, 0.3) is 0 Å². The maximum Gasteiger partial charge on any atom is 0.339 e. The van der Waals surface area contributed by atoms with Gasteiger partial charge in [0.15, 0.2) is 0 Å². The number of halogens is 2. The Morgan fingerprint density at radius 1 is 1.27 bits per heavy atom. The van der Waals surface area contributed by atoms with Gasteiger partial charge in [0.2, 0.25) is 5.91 Å². The summed E-state index contributed by atoms with van der Waals surface area (Å²) in [7, 11) is 1.30. The fourth-order valence-corrected chi connectivity index (χ4v) is 2.99. The van der Waals surface area contributed by atoms with E-state index in [0.717, 1.165) is 0 Å². The lowest BCUT2D eigenvalue weighted by atomic mass is 10.1. The summed E-state index contributed by atoms with van der Waals surface area (Å²) in [5, 5.41) is 2.79. The highest BCUT2D eigenvalue weighted by Crippen LogP contribution is 2.60. The molecule has 118 valence electrons. The van der Waals surface area contributed by atoms with Gasteiger partial charge < -0.3 is 10.1 Å². The summed E-state index contributed by atoms with van der Waals surface area (Å²) in [5.41, 5.74) is 0.528. The SMILES string of the molecule is COC(=O)c1ccccc1NC(=O)[C@H]1[C@H](C=C(Cl)Cl)C1(C)C. The lowest BCUT2D eigenvalue weighted by Crippen LogP contribution is -2.19.